The van der Waals surface area contributed by atoms with Gasteiger partial charge in [-0.05, 0) is 54.7 Å². The molecule has 1 aliphatic heterocycles. The zero-order valence-electron chi connectivity index (χ0n) is 20.3. The molecule has 1 saturated heterocycles. The van der Waals surface area contributed by atoms with E-state index in [-0.39, 0.29) is 23.5 Å². The van der Waals surface area contributed by atoms with Gasteiger partial charge in [0.1, 0.15) is 11.5 Å². The van der Waals surface area contributed by atoms with Gasteiger partial charge in [0.05, 0.1) is 5.01 Å². The molecule has 37 heavy (non-hydrogen) atoms. The van der Waals surface area contributed by atoms with E-state index in [0.29, 0.717) is 37.3 Å². The van der Waals surface area contributed by atoms with Crippen molar-refractivity contribution in [1.29, 1.82) is 0 Å². The molecule has 188 valence electrons. The standard InChI is InChI=1S/C29H27FN4O2S/c30-23-10-8-21(9-11-23)24-5-1-2-6-25(24)32-28(36)26-19-37-29(33-26)22-13-16-34(17-14-22)27(35)12-7-20-4-3-15-31-18-20/h1-6,8-11,15,18-19,22H,7,12-14,16-17H2,(H,32,36). The number of halogens is 1. The molecular formula is C29H27FN4O2S. The number of aromatic nitrogens is 2. The van der Waals surface area contributed by atoms with Gasteiger partial charge in [-0.3, -0.25) is 14.6 Å². The largest absolute Gasteiger partial charge is 0.343 e. The van der Waals surface area contributed by atoms with Gasteiger partial charge in [-0.15, -0.1) is 11.3 Å². The fourth-order valence-corrected chi connectivity index (χ4v) is 5.54. The summed E-state index contributed by atoms with van der Waals surface area (Å²) in [5.74, 6) is -0.179. The number of piperidine rings is 1. The van der Waals surface area contributed by atoms with Crippen molar-refractivity contribution in [3.05, 3.63) is 101 Å². The van der Waals surface area contributed by atoms with Gasteiger partial charge in [-0.2, -0.15) is 0 Å². The monoisotopic (exact) mass is 514 g/mol. The lowest BCUT2D eigenvalue weighted by atomic mass is 9.97. The van der Waals surface area contributed by atoms with Gasteiger partial charge in [0.15, 0.2) is 0 Å². The topological polar surface area (TPSA) is 75.2 Å². The van der Waals surface area contributed by atoms with Crippen molar-refractivity contribution in [3.63, 3.8) is 0 Å². The molecule has 0 saturated carbocycles. The minimum atomic E-state index is -0.305. The first-order valence-corrected chi connectivity index (χ1v) is 13.2. The van der Waals surface area contributed by atoms with E-state index in [4.69, 9.17) is 0 Å². The molecule has 0 spiro atoms. The highest BCUT2D eigenvalue weighted by molar-refractivity contribution is 7.10. The van der Waals surface area contributed by atoms with Crippen LogP contribution in [0.15, 0.2) is 78.4 Å². The maximum Gasteiger partial charge on any atom is 0.275 e. The predicted molar refractivity (Wildman–Crippen MR) is 143 cm³/mol. The maximum absolute atomic E-state index is 13.4. The van der Waals surface area contributed by atoms with Crippen molar-refractivity contribution in [2.24, 2.45) is 0 Å². The Balaban J connectivity index is 1.17. The average Bonchev–Trinajstić information content (AvgIpc) is 3.44. The number of hydrogen-bond donors (Lipinski definition) is 1. The molecule has 2 aromatic carbocycles. The lowest BCUT2D eigenvalue weighted by Crippen LogP contribution is -2.38. The normalized spacial score (nSPS) is 13.9. The number of likely N-dealkylation sites (tertiary alicyclic amines) is 1. The summed E-state index contributed by atoms with van der Waals surface area (Å²) in [4.78, 5) is 36.3. The van der Waals surface area contributed by atoms with Crippen LogP contribution < -0.4 is 5.32 Å². The third-order valence-electron chi connectivity index (χ3n) is 6.63. The Bertz CT molecular complexity index is 1370. The molecule has 1 aliphatic rings. The molecule has 2 amide bonds. The number of nitrogens with zero attached hydrogens (tertiary/aromatic N) is 3. The smallest absolute Gasteiger partial charge is 0.275 e. The van der Waals surface area contributed by atoms with Gasteiger partial charge in [0, 0.05) is 54.5 Å². The van der Waals surface area contributed by atoms with Crippen LogP contribution in [-0.2, 0) is 11.2 Å². The Hall–Kier alpha value is -3.91. The summed E-state index contributed by atoms with van der Waals surface area (Å²) < 4.78 is 13.4. The lowest BCUT2D eigenvalue weighted by Gasteiger charge is -2.31. The second kappa shape index (κ2) is 11.4. The van der Waals surface area contributed by atoms with E-state index in [1.807, 2.05) is 41.3 Å². The zero-order valence-corrected chi connectivity index (χ0v) is 21.1. The van der Waals surface area contributed by atoms with Crippen molar-refractivity contribution >= 4 is 28.8 Å². The molecule has 4 aromatic rings. The summed E-state index contributed by atoms with van der Waals surface area (Å²) in [7, 11) is 0. The van der Waals surface area contributed by atoms with Crippen LogP contribution in [0.3, 0.4) is 0 Å². The first-order chi connectivity index (χ1) is 18.1. The van der Waals surface area contributed by atoms with Crippen LogP contribution >= 0.6 is 11.3 Å². The molecule has 0 radical (unpaired) electrons. The van der Waals surface area contributed by atoms with Crippen LogP contribution in [0.5, 0.6) is 0 Å². The fourth-order valence-electron chi connectivity index (χ4n) is 4.57. The number of pyridine rings is 1. The number of hydrogen-bond acceptors (Lipinski definition) is 5. The molecule has 5 rings (SSSR count). The number of aryl methyl sites for hydroxylation is 1. The van der Waals surface area contributed by atoms with Crippen molar-refractivity contribution in [2.45, 2.75) is 31.6 Å². The van der Waals surface area contributed by atoms with E-state index in [9.17, 15) is 14.0 Å². The van der Waals surface area contributed by atoms with Crippen LogP contribution in [0, 0.1) is 5.82 Å². The number of benzene rings is 2. The van der Waals surface area contributed by atoms with Crippen molar-refractivity contribution in [2.75, 3.05) is 18.4 Å². The van der Waals surface area contributed by atoms with Crippen LogP contribution in [0.2, 0.25) is 0 Å². The number of amides is 2. The van der Waals surface area contributed by atoms with E-state index >= 15 is 0 Å². The number of anilines is 1. The second-order valence-electron chi connectivity index (χ2n) is 9.09. The zero-order chi connectivity index (χ0) is 25.6. The molecule has 3 heterocycles. The summed E-state index contributed by atoms with van der Waals surface area (Å²) in [6, 6.07) is 17.5. The van der Waals surface area contributed by atoms with Crippen molar-refractivity contribution in [1.82, 2.24) is 14.9 Å². The van der Waals surface area contributed by atoms with Crippen LogP contribution in [0.4, 0.5) is 10.1 Å². The molecule has 0 unspecified atom stereocenters. The maximum atomic E-state index is 13.4. The average molecular weight is 515 g/mol. The predicted octanol–water partition coefficient (Wildman–Crippen LogP) is 5.94. The third kappa shape index (κ3) is 6.09. The Morgan fingerprint density at radius 3 is 2.57 bits per heavy atom. The van der Waals surface area contributed by atoms with E-state index in [1.54, 1.807) is 29.9 Å². The molecule has 8 heteroatoms. The molecular weight excluding hydrogens is 487 g/mol. The van der Waals surface area contributed by atoms with Crippen LogP contribution in [0.25, 0.3) is 11.1 Å². The lowest BCUT2D eigenvalue weighted by molar-refractivity contribution is -0.132. The molecule has 1 N–H and O–H groups in total. The van der Waals surface area contributed by atoms with Crippen molar-refractivity contribution in [3.8, 4) is 11.1 Å². The summed E-state index contributed by atoms with van der Waals surface area (Å²) in [5.41, 5.74) is 3.72. The Kier molecular flexibility index (Phi) is 7.65. The highest BCUT2D eigenvalue weighted by Gasteiger charge is 2.26. The molecule has 2 aromatic heterocycles. The highest BCUT2D eigenvalue weighted by atomic mass is 32.1. The number of carbonyl (C=O) groups is 2. The van der Waals surface area contributed by atoms with Gasteiger partial charge < -0.3 is 10.2 Å². The molecule has 0 atom stereocenters. The van der Waals surface area contributed by atoms with Gasteiger partial charge in [0.25, 0.3) is 5.91 Å². The number of nitrogens with one attached hydrogen (secondary N) is 1. The first-order valence-electron chi connectivity index (χ1n) is 12.4. The fraction of sp³-hybridized carbons (Fsp3) is 0.241. The Morgan fingerprint density at radius 2 is 1.81 bits per heavy atom. The Morgan fingerprint density at radius 1 is 1.03 bits per heavy atom. The van der Waals surface area contributed by atoms with E-state index < -0.39 is 0 Å². The summed E-state index contributed by atoms with van der Waals surface area (Å²) in [6.45, 7) is 1.39. The second-order valence-corrected chi connectivity index (χ2v) is 9.98. The quantitative estimate of drug-likeness (QED) is 0.331. The van der Waals surface area contributed by atoms with E-state index in [2.05, 4.69) is 15.3 Å². The summed E-state index contributed by atoms with van der Waals surface area (Å²) in [5, 5.41) is 5.68. The summed E-state index contributed by atoms with van der Waals surface area (Å²) in [6.07, 6.45) is 6.38. The third-order valence-corrected chi connectivity index (χ3v) is 7.64. The van der Waals surface area contributed by atoms with Gasteiger partial charge in [-0.25, -0.2) is 9.37 Å². The minimum Gasteiger partial charge on any atom is -0.343 e. The highest BCUT2D eigenvalue weighted by Crippen LogP contribution is 2.32. The van der Waals surface area contributed by atoms with Crippen LogP contribution in [0.1, 0.15) is 46.2 Å². The van der Waals surface area contributed by atoms with Crippen molar-refractivity contribution < 1.29 is 14.0 Å². The molecule has 1 fully saturated rings. The van der Waals surface area contributed by atoms with Gasteiger partial charge in [0.2, 0.25) is 5.91 Å². The first kappa shape index (κ1) is 24.8. The number of rotatable bonds is 7. The number of thiazole rings is 1. The number of carbonyl (C=O) groups excluding carboxylic acids is 2. The molecule has 0 bridgehead atoms. The molecule has 0 aliphatic carbocycles. The van der Waals surface area contributed by atoms with E-state index in [1.165, 1.54) is 23.5 Å². The summed E-state index contributed by atoms with van der Waals surface area (Å²) >= 11 is 1.49. The van der Waals surface area contributed by atoms with Crippen LogP contribution in [-0.4, -0.2) is 39.8 Å². The van der Waals surface area contributed by atoms with Gasteiger partial charge >= 0.3 is 0 Å². The Labute approximate surface area is 219 Å². The van der Waals surface area contributed by atoms with Gasteiger partial charge in [-0.1, -0.05) is 36.4 Å². The SMILES string of the molecule is O=C(Nc1ccccc1-c1ccc(F)cc1)c1csc(C2CCN(C(=O)CCc3cccnc3)CC2)n1. The van der Waals surface area contributed by atoms with E-state index in [0.717, 1.165) is 34.5 Å². The molecule has 6 nitrogen and oxygen atoms in total. The number of para-hydroxylation sites is 1. The minimum absolute atomic E-state index is 0.168.